The van der Waals surface area contributed by atoms with Gasteiger partial charge in [0.1, 0.15) is 11.9 Å². The van der Waals surface area contributed by atoms with Gasteiger partial charge in [0.05, 0.1) is 19.2 Å². The Kier molecular flexibility index (Phi) is 5.11. The molecule has 0 aromatic heterocycles. The molecule has 4 nitrogen and oxygen atoms in total. The van der Waals surface area contributed by atoms with E-state index < -0.39 is 0 Å². The number of carbonyl (C=O) groups excluding carboxylic acids is 1. The van der Waals surface area contributed by atoms with Crippen molar-refractivity contribution in [2.75, 3.05) is 25.0 Å². The molecule has 3 rings (SSSR count). The summed E-state index contributed by atoms with van der Waals surface area (Å²) in [5.74, 6) is -0.341. The lowest BCUT2D eigenvalue weighted by atomic mass is 10.1. The number of benzene rings is 2. The van der Waals surface area contributed by atoms with Crippen molar-refractivity contribution in [2.24, 2.45) is 0 Å². The molecule has 2 aromatic rings. The van der Waals surface area contributed by atoms with Crippen molar-refractivity contribution < 1.29 is 13.9 Å². The van der Waals surface area contributed by atoms with Crippen LogP contribution in [0.1, 0.15) is 18.6 Å². The average Bonchev–Trinajstić information content (AvgIpc) is 2.60. The molecule has 1 saturated heterocycles. The monoisotopic (exact) mass is 328 g/mol. The van der Waals surface area contributed by atoms with Crippen molar-refractivity contribution >= 4 is 11.6 Å². The van der Waals surface area contributed by atoms with Crippen molar-refractivity contribution in [3.8, 4) is 0 Å². The number of amides is 1. The number of ether oxygens (including phenoxy) is 1. The molecule has 0 aliphatic carbocycles. The predicted octanol–water partition coefficient (Wildman–Crippen LogP) is 3.23. The zero-order valence-corrected chi connectivity index (χ0v) is 13.6. The van der Waals surface area contributed by atoms with E-state index >= 15 is 0 Å². The van der Waals surface area contributed by atoms with Gasteiger partial charge in [-0.2, -0.15) is 0 Å². The second-order valence-corrected chi connectivity index (χ2v) is 6.01. The second kappa shape index (κ2) is 7.45. The van der Waals surface area contributed by atoms with Gasteiger partial charge in [0.25, 0.3) is 0 Å². The molecule has 1 heterocycles. The number of morpholine rings is 1. The summed E-state index contributed by atoms with van der Waals surface area (Å²) in [4.78, 5) is 14.3. The summed E-state index contributed by atoms with van der Waals surface area (Å²) in [7, 11) is 0. The minimum absolute atomic E-state index is 0.0182. The third-order valence-electron chi connectivity index (χ3n) is 4.05. The van der Waals surface area contributed by atoms with E-state index in [9.17, 15) is 9.18 Å². The number of nitrogens with zero attached hydrogens (tertiary/aromatic N) is 1. The molecule has 0 radical (unpaired) electrons. The third-order valence-corrected chi connectivity index (χ3v) is 4.05. The molecular formula is C19H21FN2O2. The van der Waals surface area contributed by atoms with Gasteiger partial charge in [0, 0.05) is 12.2 Å². The molecule has 1 fully saturated rings. The van der Waals surface area contributed by atoms with Gasteiger partial charge in [-0.25, -0.2) is 4.39 Å². The topological polar surface area (TPSA) is 41.6 Å². The normalized spacial score (nSPS) is 20.7. The largest absolute Gasteiger partial charge is 0.376 e. The fourth-order valence-corrected chi connectivity index (χ4v) is 2.89. The van der Waals surface area contributed by atoms with Gasteiger partial charge in [-0.05, 0) is 30.7 Å². The Balaban J connectivity index is 1.61. The third kappa shape index (κ3) is 4.11. The summed E-state index contributed by atoms with van der Waals surface area (Å²) in [6.45, 7) is 3.19. The van der Waals surface area contributed by atoms with E-state index in [4.69, 9.17) is 4.74 Å². The quantitative estimate of drug-likeness (QED) is 0.937. The first-order chi connectivity index (χ1) is 11.6. The molecule has 1 aliphatic heterocycles. The molecule has 126 valence electrons. The van der Waals surface area contributed by atoms with Crippen molar-refractivity contribution in [3.63, 3.8) is 0 Å². The minimum Gasteiger partial charge on any atom is -0.376 e. The van der Waals surface area contributed by atoms with Crippen LogP contribution < -0.4 is 5.32 Å². The SMILES string of the molecule is C[C@H]1CN(C(=O)CNc2cccc(F)c2)C[C@H](c2ccccc2)O1. The van der Waals surface area contributed by atoms with Gasteiger partial charge in [-0.1, -0.05) is 36.4 Å². The molecule has 0 unspecified atom stereocenters. The molecular weight excluding hydrogens is 307 g/mol. The highest BCUT2D eigenvalue weighted by atomic mass is 19.1. The highest BCUT2D eigenvalue weighted by molar-refractivity contribution is 5.81. The number of carbonyl (C=O) groups is 1. The fraction of sp³-hybridized carbons (Fsp3) is 0.316. The van der Waals surface area contributed by atoms with Crippen LogP contribution in [0.3, 0.4) is 0 Å². The van der Waals surface area contributed by atoms with E-state index in [0.29, 0.717) is 18.8 Å². The van der Waals surface area contributed by atoms with E-state index in [-0.39, 0.29) is 30.5 Å². The van der Waals surface area contributed by atoms with Gasteiger partial charge < -0.3 is 15.0 Å². The maximum absolute atomic E-state index is 13.2. The molecule has 24 heavy (non-hydrogen) atoms. The van der Waals surface area contributed by atoms with Crippen molar-refractivity contribution in [3.05, 3.63) is 66.0 Å². The Hall–Kier alpha value is -2.40. The zero-order valence-electron chi connectivity index (χ0n) is 13.6. The van der Waals surface area contributed by atoms with Gasteiger partial charge >= 0.3 is 0 Å². The van der Waals surface area contributed by atoms with Gasteiger partial charge in [-0.3, -0.25) is 4.79 Å². The summed E-state index contributed by atoms with van der Waals surface area (Å²) in [6, 6.07) is 16.0. The average molecular weight is 328 g/mol. The van der Waals surface area contributed by atoms with E-state index in [2.05, 4.69) is 5.32 Å². The summed E-state index contributed by atoms with van der Waals surface area (Å²) >= 11 is 0. The first-order valence-electron chi connectivity index (χ1n) is 8.09. The maximum atomic E-state index is 13.2. The first kappa shape index (κ1) is 16.5. The van der Waals surface area contributed by atoms with Crippen LogP contribution in [-0.2, 0) is 9.53 Å². The van der Waals surface area contributed by atoms with Crippen LogP contribution in [0.5, 0.6) is 0 Å². The highest BCUT2D eigenvalue weighted by Gasteiger charge is 2.29. The smallest absolute Gasteiger partial charge is 0.242 e. The molecule has 0 spiro atoms. The molecule has 5 heteroatoms. The molecule has 2 atom stereocenters. The van der Waals surface area contributed by atoms with Gasteiger partial charge in [0.2, 0.25) is 5.91 Å². The zero-order chi connectivity index (χ0) is 16.9. The Morgan fingerprint density at radius 1 is 1.21 bits per heavy atom. The lowest BCUT2D eigenvalue weighted by Gasteiger charge is -2.37. The second-order valence-electron chi connectivity index (χ2n) is 6.01. The summed E-state index contributed by atoms with van der Waals surface area (Å²) in [5.41, 5.74) is 1.67. The Morgan fingerprint density at radius 3 is 2.75 bits per heavy atom. The van der Waals surface area contributed by atoms with Crippen molar-refractivity contribution in [1.82, 2.24) is 4.90 Å². The van der Waals surface area contributed by atoms with Crippen LogP contribution in [0.2, 0.25) is 0 Å². The fourth-order valence-electron chi connectivity index (χ4n) is 2.89. The van der Waals surface area contributed by atoms with E-state index in [1.54, 1.807) is 17.0 Å². The Morgan fingerprint density at radius 2 is 2.00 bits per heavy atom. The van der Waals surface area contributed by atoms with E-state index in [1.165, 1.54) is 12.1 Å². The van der Waals surface area contributed by atoms with Crippen molar-refractivity contribution in [2.45, 2.75) is 19.1 Å². The van der Waals surface area contributed by atoms with E-state index in [1.807, 2.05) is 37.3 Å². The van der Waals surface area contributed by atoms with Gasteiger partial charge in [0.15, 0.2) is 0 Å². The standard InChI is InChI=1S/C19H21FN2O2/c1-14-12-22(13-18(24-14)15-6-3-2-4-7-15)19(23)11-21-17-9-5-8-16(20)10-17/h2-10,14,18,21H,11-13H2,1H3/t14-,18+/m0/s1. The number of halogens is 1. The lowest BCUT2D eigenvalue weighted by molar-refractivity contribution is -0.143. The number of anilines is 1. The Bertz CT molecular complexity index is 693. The van der Waals surface area contributed by atoms with Crippen LogP contribution in [0, 0.1) is 5.82 Å². The number of hydrogen-bond acceptors (Lipinski definition) is 3. The molecule has 1 N–H and O–H groups in total. The summed E-state index contributed by atoms with van der Waals surface area (Å²) in [5, 5.41) is 2.98. The minimum atomic E-state index is -0.323. The Labute approximate surface area is 141 Å². The number of hydrogen-bond donors (Lipinski definition) is 1. The molecule has 0 bridgehead atoms. The van der Waals surface area contributed by atoms with Gasteiger partial charge in [-0.15, -0.1) is 0 Å². The van der Waals surface area contributed by atoms with Crippen LogP contribution in [0.25, 0.3) is 0 Å². The predicted molar refractivity (Wildman–Crippen MR) is 91.2 cm³/mol. The van der Waals surface area contributed by atoms with Crippen molar-refractivity contribution in [1.29, 1.82) is 0 Å². The molecule has 2 aromatic carbocycles. The molecule has 0 saturated carbocycles. The maximum Gasteiger partial charge on any atom is 0.242 e. The highest BCUT2D eigenvalue weighted by Crippen LogP contribution is 2.25. The number of rotatable bonds is 4. The van der Waals surface area contributed by atoms with Crippen LogP contribution in [-0.4, -0.2) is 36.5 Å². The molecule has 1 amide bonds. The summed E-state index contributed by atoms with van der Waals surface area (Å²) in [6.07, 6.45) is -0.143. The number of nitrogens with one attached hydrogen (secondary N) is 1. The molecule has 1 aliphatic rings. The first-order valence-corrected chi connectivity index (χ1v) is 8.09. The van der Waals surface area contributed by atoms with Crippen LogP contribution in [0.15, 0.2) is 54.6 Å². The lowest BCUT2D eigenvalue weighted by Crippen LogP contribution is -2.47. The van der Waals surface area contributed by atoms with E-state index in [0.717, 1.165) is 5.56 Å². The van der Waals surface area contributed by atoms with Crippen LogP contribution in [0.4, 0.5) is 10.1 Å². The van der Waals surface area contributed by atoms with Crippen LogP contribution >= 0.6 is 0 Å². The summed E-state index contributed by atoms with van der Waals surface area (Å²) < 4.78 is 19.2.